The molecule has 0 radical (unpaired) electrons. The van der Waals surface area contributed by atoms with Gasteiger partial charge in [0, 0.05) is 38.2 Å². The van der Waals surface area contributed by atoms with Crippen molar-refractivity contribution in [1.29, 1.82) is 0 Å². The van der Waals surface area contributed by atoms with E-state index in [1.807, 2.05) is 32.2 Å². The van der Waals surface area contributed by atoms with Crippen molar-refractivity contribution in [3.05, 3.63) is 47.2 Å². The Morgan fingerprint density at radius 3 is 2.90 bits per heavy atom. The van der Waals surface area contributed by atoms with E-state index >= 15 is 0 Å². The maximum absolute atomic E-state index is 14.9. The zero-order valence-electron chi connectivity index (χ0n) is 17.1. The molecule has 4 heterocycles. The summed E-state index contributed by atoms with van der Waals surface area (Å²) in [6.45, 7) is 9.69. The summed E-state index contributed by atoms with van der Waals surface area (Å²) in [7, 11) is 0. The van der Waals surface area contributed by atoms with E-state index in [1.165, 1.54) is 11.2 Å². The number of ether oxygens (including phenoxy) is 1. The van der Waals surface area contributed by atoms with Crippen LogP contribution < -0.4 is 5.32 Å². The molecule has 1 N–H and O–H groups in total. The monoisotopic (exact) mass is 409 g/mol. The van der Waals surface area contributed by atoms with Crippen molar-refractivity contribution >= 4 is 23.6 Å². The second-order valence-corrected chi connectivity index (χ2v) is 8.18. The second-order valence-electron chi connectivity index (χ2n) is 8.18. The van der Waals surface area contributed by atoms with E-state index < -0.39 is 0 Å². The van der Waals surface area contributed by atoms with E-state index in [2.05, 4.69) is 32.3 Å². The number of fused-ring (bicyclic) bond motifs is 1. The van der Waals surface area contributed by atoms with Crippen LogP contribution in [0.5, 0.6) is 0 Å². The van der Waals surface area contributed by atoms with Gasteiger partial charge in [-0.05, 0) is 31.6 Å². The van der Waals surface area contributed by atoms with Crippen LogP contribution in [0.1, 0.15) is 29.8 Å². The number of hydrazone groups is 2. The van der Waals surface area contributed by atoms with Gasteiger partial charge in [0.2, 0.25) is 0 Å². The van der Waals surface area contributed by atoms with E-state index in [0.717, 1.165) is 42.0 Å². The highest BCUT2D eigenvalue weighted by Crippen LogP contribution is 2.33. The molecule has 2 saturated heterocycles. The minimum absolute atomic E-state index is 0.0357. The minimum Gasteiger partial charge on any atom is -0.370 e. The molecule has 1 aliphatic carbocycles. The van der Waals surface area contributed by atoms with Crippen molar-refractivity contribution < 1.29 is 9.13 Å². The van der Waals surface area contributed by atoms with Crippen LogP contribution in [-0.2, 0) is 4.74 Å². The molecule has 2 fully saturated rings. The van der Waals surface area contributed by atoms with Crippen LogP contribution >= 0.6 is 0 Å². The van der Waals surface area contributed by atoms with Gasteiger partial charge in [0.15, 0.2) is 5.65 Å². The molecule has 1 spiro atoms. The number of aryl methyl sites for hydroxylation is 2. The summed E-state index contributed by atoms with van der Waals surface area (Å²) < 4.78 is 22.6. The Morgan fingerprint density at radius 2 is 2.23 bits per heavy atom. The molecule has 2 aromatic rings. The third-order valence-corrected chi connectivity index (χ3v) is 5.88. The van der Waals surface area contributed by atoms with Crippen LogP contribution in [0, 0.1) is 13.8 Å². The molecular formula is C21H24FN7O. The maximum Gasteiger partial charge on any atom is 0.156 e. The van der Waals surface area contributed by atoms with Crippen LogP contribution in [-0.4, -0.2) is 63.5 Å². The van der Waals surface area contributed by atoms with Crippen molar-refractivity contribution in [2.24, 2.45) is 10.2 Å². The molecule has 1 atom stereocenters. The van der Waals surface area contributed by atoms with Gasteiger partial charge in [-0.2, -0.15) is 20.4 Å². The molecular weight excluding hydrogens is 385 g/mol. The average Bonchev–Trinajstić information content (AvgIpc) is 3.31. The van der Waals surface area contributed by atoms with Crippen LogP contribution in [0.4, 0.5) is 4.39 Å². The lowest BCUT2D eigenvalue weighted by molar-refractivity contribution is -0.0366. The minimum atomic E-state index is -0.388. The Labute approximate surface area is 173 Å². The Kier molecular flexibility index (Phi) is 4.52. The first-order chi connectivity index (χ1) is 14.5. The van der Waals surface area contributed by atoms with Gasteiger partial charge in [-0.3, -0.25) is 0 Å². The number of hydrogen-bond donors (Lipinski definition) is 1. The lowest BCUT2D eigenvalue weighted by atomic mass is 9.92. The molecule has 0 saturated carbocycles. The van der Waals surface area contributed by atoms with E-state index in [4.69, 9.17) is 4.74 Å². The maximum atomic E-state index is 14.9. The Morgan fingerprint density at radius 1 is 1.40 bits per heavy atom. The van der Waals surface area contributed by atoms with E-state index in [-0.39, 0.29) is 17.5 Å². The van der Waals surface area contributed by atoms with Gasteiger partial charge in [0.25, 0.3) is 0 Å². The molecule has 2 aliphatic heterocycles. The first-order valence-electron chi connectivity index (χ1n) is 10.1. The second kappa shape index (κ2) is 7.10. The molecule has 1 unspecified atom stereocenters. The summed E-state index contributed by atoms with van der Waals surface area (Å²) in [6, 6.07) is 1.89. The number of hydrogen-bond acceptors (Lipinski definition) is 7. The summed E-state index contributed by atoms with van der Waals surface area (Å²) in [6.07, 6.45) is 6.43. The smallest absolute Gasteiger partial charge is 0.156 e. The van der Waals surface area contributed by atoms with E-state index in [1.54, 1.807) is 4.52 Å². The Hall–Kier alpha value is -2.91. The molecule has 156 valence electrons. The largest absolute Gasteiger partial charge is 0.370 e. The van der Waals surface area contributed by atoms with Gasteiger partial charge in [-0.15, -0.1) is 0 Å². The summed E-state index contributed by atoms with van der Waals surface area (Å²) in [4.78, 5) is 4.46. The molecule has 5 rings (SSSR count). The quantitative estimate of drug-likeness (QED) is 0.620. The fraction of sp³-hybridized carbons (Fsp3) is 0.429. The fourth-order valence-electron chi connectivity index (χ4n) is 4.21. The summed E-state index contributed by atoms with van der Waals surface area (Å²) in [5.74, 6) is -0.388. The molecule has 2 aromatic heterocycles. The fourth-order valence-corrected chi connectivity index (χ4v) is 4.21. The predicted octanol–water partition coefficient (Wildman–Crippen LogP) is 2.39. The first-order valence-corrected chi connectivity index (χ1v) is 10.1. The topological polar surface area (TPSA) is 79.4 Å². The number of aromatic nitrogens is 3. The molecule has 0 aromatic carbocycles. The van der Waals surface area contributed by atoms with Crippen molar-refractivity contribution in [2.75, 3.05) is 19.7 Å². The molecule has 3 aliphatic rings. The van der Waals surface area contributed by atoms with Crippen molar-refractivity contribution in [3.8, 4) is 0 Å². The number of rotatable bonds is 4. The molecule has 8 nitrogen and oxygen atoms in total. The van der Waals surface area contributed by atoms with Crippen LogP contribution in [0.15, 0.2) is 40.4 Å². The molecule has 30 heavy (non-hydrogen) atoms. The molecule has 0 bridgehead atoms. The number of halogens is 1. The highest BCUT2D eigenvalue weighted by atomic mass is 19.1. The normalized spacial score (nSPS) is 24.1. The molecule has 0 amide bonds. The van der Waals surface area contributed by atoms with Gasteiger partial charge in [0.05, 0.1) is 35.8 Å². The number of nitrogens with one attached hydrogen (secondary N) is 1. The van der Waals surface area contributed by atoms with Crippen LogP contribution in [0.25, 0.3) is 11.2 Å². The van der Waals surface area contributed by atoms with Gasteiger partial charge in [-0.25, -0.2) is 13.9 Å². The van der Waals surface area contributed by atoms with E-state index in [0.29, 0.717) is 24.4 Å². The Bertz CT molecular complexity index is 1110. The van der Waals surface area contributed by atoms with Gasteiger partial charge >= 0.3 is 0 Å². The Balaban J connectivity index is 1.37. The van der Waals surface area contributed by atoms with Crippen molar-refractivity contribution in [3.63, 3.8) is 0 Å². The third-order valence-electron chi connectivity index (χ3n) is 5.88. The zero-order valence-corrected chi connectivity index (χ0v) is 17.1. The average molecular weight is 409 g/mol. The van der Waals surface area contributed by atoms with Crippen molar-refractivity contribution in [1.82, 2.24) is 25.0 Å². The van der Waals surface area contributed by atoms with Gasteiger partial charge < -0.3 is 10.1 Å². The van der Waals surface area contributed by atoms with Crippen molar-refractivity contribution in [2.45, 2.75) is 38.3 Å². The van der Waals surface area contributed by atoms with Gasteiger partial charge in [0.1, 0.15) is 11.5 Å². The zero-order chi connectivity index (χ0) is 20.9. The number of allylic oxidation sites excluding steroid dienone is 4. The van der Waals surface area contributed by atoms with Gasteiger partial charge in [-0.1, -0.05) is 6.08 Å². The van der Waals surface area contributed by atoms with E-state index in [9.17, 15) is 4.39 Å². The highest BCUT2D eigenvalue weighted by Gasteiger charge is 2.47. The standard InChI is InChI=1S/C21H24FN7O/c1-13-6-19(26-28-9-14(2)25-20(13)28)15-4-5-18(17(22)7-15)27-29(23-3)16-8-21(30-10-16)11-24-12-21/h4,6-7,9,16,24H,3,5,8,10-12H2,1-2H3/b27-18+. The lowest BCUT2D eigenvalue weighted by Crippen LogP contribution is -2.59. The summed E-state index contributed by atoms with van der Waals surface area (Å²) in [5, 5.41) is 17.8. The third kappa shape index (κ3) is 3.23. The summed E-state index contributed by atoms with van der Waals surface area (Å²) in [5.41, 5.74) is 4.32. The highest BCUT2D eigenvalue weighted by molar-refractivity contribution is 6.04. The molecule has 9 heteroatoms. The summed E-state index contributed by atoms with van der Waals surface area (Å²) >= 11 is 0. The van der Waals surface area contributed by atoms with Crippen LogP contribution in [0.3, 0.4) is 0 Å². The predicted molar refractivity (Wildman–Crippen MR) is 113 cm³/mol. The SMILES string of the molecule is C=NN(/N=C1\CC=C(c2cc(C)c3nc(C)cn3n2)C=C1F)C1COC2(CNC2)C1. The number of nitrogens with zero attached hydrogens (tertiary/aromatic N) is 6. The number of imidazole rings is 1. The lowest BCUT2D eigenvalue weighted by Gasteiger charge is -2.38. The first kappa shape index (κ1) is 19.1. The van der Waals surface area contributed by atoms with Crippen LogP contribution in [0.2, 0.25) is 0 Å².